The second kappa shape index (κ2) is 24.8. The van der Waals surface area contributed by atoms with Crippen molar-refractivity contribution in [3.63, 3.8) is 0 Å². The molecule has 6 heteroatoms. The molecule has 29 rings (SSSR count). The largest absolute Gasteiger partial charge is 0.456 e. The standard InChI is InChI=1S/2C40H23NO.C34H19NO/c1-3-13-34-31(9-1)39-35(21-22-37-40(39)32-10-2-4-14-36(32)42-37)41(34)27-18-15-24(16-19-27)26-17-20-28-29-11-5-7-25-8-6-12-30(38(25)29)33(28)23-26;1-2-11-25-24(10-1)28-15-9-16-29-26(20-21-30(25)38(28)29)27-12-3-6-17-33(27)41-34-18-7-4-13-31(34)39-35(41)22-23-37-40(39)32-14-5-8-19-36(32)42-37;1-3-13-28-25(9-1)33-29(17-18-31-34(33)26-10-2-4-14-30(26)36-31)35(28)21-15-16-22-23-11-5-7-20-8-6-12-24(32(20)23)27(22)19-21/h2*1-23H;1-19H. The SMILES string of the molecule is c1cc2c3c(cccc3c1)-c1cc(-c3ccc(-n4c5ccccc5c5c6c(ccc54)oc4ccccc46)cc3)ccc1-2.c1cc2c3c(cccc3c1)-c1cc(-n3c4ccccc4c4c5c(ccc43)oc3ccccc35)ccc1-2.c1ccc2c(c1)-c1cccc3c(-c4ccccc4-n4c5ccccc5c5c6c(ccc54)oc4ccccc46)ccc-2c13. The Balaban J connectivity index is 0.0000000955. The quantitative estimate of drug-likeness (QED) is 0.173. The minimum atomic E-state index is 0.922. The van der Waals surface area contributed by atoms with Gasteiger partial charge < -0.3 is 27.0 Å². The van der Waals surface area contributed by atoms with Crippen LogP contribution in [-0.4, -0.2) is 13.7 Å². The second-order valence-corrected chi connectivity index (χ2v) is 32.3. The van der Waals surface area contributed by atoms with Gasteiger partial charge in [0.25, 0.3) is 0 Å². The van der Waals surface area contributed by atoms with Gasteiger partial charge in [0, 0.05) is 81.6 Å². The van der Waals surface area contributed by atoms with E-state index in [4.69, 9.17) is 13.3 Å². The third-order valence-electron chi connectivity index (χ3n) is 26.2. The first kappa shape index (κ1) is 65.3. The molecule has 26 aromatic rings. The number of hydrogen-bond donors (Lipinski definition) is 0. The molecule has 20 aromatic carbocycles. The summed E-state index contributed by atoms with van der Waals surface area (Å²) in [5, 5.41) is 22.4. The number of fused-ring (bicyclic) bond motifs is 30. The first-order chi connectivity index (χ1) is 59.6. The Morgan fingerprint density at radius 1 is 0.150 bits per heavy atom. The minimum absolute atomic E-state index is 0.922. The van der Waals surface area contributed by atoms with E-state index < -0.39 is 0 Å². The van der Waals surface area contributed by atoms with Crippen molar-refractivity contribution in [3.05, 3.63) is 394 Å². The molecule has 6 nitrogen and oxygen atoms in total. The van der Waals surface area contributed by atoms with Gasteiger partial charge in [-0.1, -0.05) is 285 Å². The molecule has 0 saturated carbocycles. The zero-order chi connectivity index (χ0) is 78.1. The van der Waals surface area contributed by atoms with Crippen molar-refractivity contribution in [3.8, 4) is 106 Å². The maximum atomic E-state index is 6.31. The fourth-order valence-electron chi connectivity index (χ4n) is 21.3. The molecular formula is C114H65N3O3. The van der Waals surface area contributed by atoms with Crippen LogP contribution in [0.25, 0.3) is 270 Å². The highest BCUT2D eigenvalue weighted by Gasteiger charge is 2.29. The highest BCUT2D eigenvalue weighted by Crippen LogP contribution is 2.54. The van der Waals surface area contributed by atoms with Crippen LogP contribution in [0.2, 0.25) is 0 Å². The van der Waals surface area contributed by atoms with Gasteiger partial charge in [0.1, 0.15) is 33.5 Å². The fourth-order valence-corrected chi connectivity index (χ4v) is 21.3. The van der Waals surface area contributed by atoms with Gasteiger partial charge in [0.2, 0.25) is 0 Å². The lowest BCUT2D eigenvalue weighted by Crippen LogP contribution is -1.97. The average molecular weight is 1520 g/mol. The number of hydrogen-bond acceptors (Lipinski definition) is 3. The molecule has 0 radical (unpaired) electrons. The van der Waals surface area contributed by atoms with Crippen LogP contribution in [0.3, 0.4) is 0 Å². The number of rotatable bonds is 5. The van der Waals surface area contributed by atoms with Gasteiger partial charge in [-0.15, -0.1) is 0 Å². The summed E-state index contributed by atoms with van der Waals surface area (Å²) in [7, 11) is 0. The molecular weight excluding hydrogens is 1460 g/mol. The summed E-state index contributed by atoms with van der Waals surface area (Å²) in [5.74, 6) is 0. The molecule has 0 bridgehead atoms. The minimum Gasteiger partial charge on any atom is -0.456 e. The van der Waals surface area contributed by atoms with Crippen LogP contribution in [0, 0.1) is 0 Å². The monoisotopic (exact) mass is 1520 g/mol. The maximum Gasteiger partial charge on any atom is 0.136 e. The van der Waals surface area contributed by atoms with Crippen LogP contribution >= 0.6 is 0 Å². The molecule has 0 aliphatic heterocycles. The lowest BCUT2D eigenvalue weighted by Gasteiger charge is -2.16. The number of para-hydroxylation sites is 7. The maximum absolute atomic E-state index is 6.31. The molecule has 0 saturated heterocycles. The number of nitrogens with zero attached hydrogens (tertiary/aromatic N) is 3. The van der Waals surface area contributed by atoms with Gasteiger partial charge >= 0.3 is 0 Å². The molecule has 3 aliphatic carbocycles. The molecule has 0 amide bonds. The normalized spacial score (nSPS) is 12.3. The predicted octanol–water partition coefficient (Wildman–Crippen LogP) is 31.8. The number of benzene rings is 20. The first-order valence-corrected chi connectivity index (χ1v) is 41.3. The molecule has 0 unspecified atom stereocenters. The van der Waals surface area contributed by atoms with E-state index in [1.807, 2.05) is 18.2 Å². The van der Waals surface area contributed by atoms with E-state index in [1.165, 1.54) is 214 Å². The second-order valence-electron chi connectivity index (χ2n) is 32.3. The van der Waals surface area contributed by atoms with Crippen molar-refractivity contribution < 1.29 is 13.3 Å². The molecule has 3 aliphatic rings. The summed E-state index contributed by atoms with van der Waals surface area (Å²) in [6.07, 6.45) is 0. The van der Waals surface area contributed by atoms with Crippen molar-refractivity contribution in [1.29, 1.82) is 0 Å². The molecule has 554 valence electrons. The molecule has 6 heterocycles. The van der Waals surface area contributed by atoms with Crippen molar-refractivity contribution in [2.24, 2.45) is 0 Å². The molecule has 0 fully saturated rings. The topological polar surface area (TPSA) is 54.2 Å². The van der Waals surface area contributed by atoms with E-state index in [0.717, 1.165) is 55.3 Å². The van der Waals surface area contributed by atoms with Crippen molar-refractivity contribution >= 4 is 164 Å². The average Bonchev–Trinajstić information content (AvgIpc) is 1.55. The van der Waals surface area contributed by atoms with E-state index in [2.05, 4.69) is 390 Å². The Labute approximate surface area is 686 Å². The first-order valence-electron chi connectivity index (χ1n) is 41.3. The van der Waals surface area contributed by atoms with Crippen LogP contribution in [0.1, 0.15) is 0 Å². The Bertz CT molecular complexity index is 8960. The summed E-state index contributed by atoms with van der Waals surface area (Å²) in [4.78, 5) is 0. The van der Waals surface area contributed by atoms with Gasteiger partial charge in [-0.2, -0.15) is 0 Å². The Kier molecular flexibility index (Phi) is 13.5. The van der Waals surface area contributed by atoms with Gasteiger partial charge in [0.15, 0.2) is 0 Å². The molecule has 0 N–H and O–H groups in total. The van der Waals surface area contributed by atoms with Crippen molar-refractivity contribution in [2.75, 3.05) is 0 Å². The summed E-state index contributed by atoms with van der Waals surface area (Å²) >= 11 is 0. The summed E-state index contributed by atoms with van der Waals surface area (Å²) in [6.45, 7) is 0. The highest BCUT2D eigenvalue weighted by atomic mass is 16.3. The summed E-state index contributed by atoms with van der Waals surface area (Å²) < 4.78 is 26.0. The Morgan fingerprint density at radius 3 is 1.00 bits per heavy atom. The van der Waals surface area contributed by atoms with Crippen molar-refractivity contribution in [1.82, 2.24) is 13.7 Å². The lowest BCUT2D eigenvalue weighted by molar-refractivity contribution is 0.669. The van der Waals surface area contributed by atoms with E-state index >= 15 is 0 Å². The smallest absolute Gasteiger partial charge is 0.136 e. The van der Waals surface area contributed by atoms with E-state index in [-0.39, 0.29) is 0 Å². The van der Waals surface area contributed by atoms with Crippen LogP contribution in [0.5, 0.6) is 0 Å². The summed E-state index contributed by atoms with van der Waals surface area (Å²) in [5.41, 5.74) is 37.0. The lowest BCUT2D eigenvalue weighted by atomic mass is 9.93. The van der Waals surface area contributed by atoms with Crippen molar-refractivity contribution in [2.45, 2.75) is 0 Å². The van der Waals surface area contributed by atoms with Gasteiger partial charge in [0.05, 0.1) is 38.8 Å². The fraction of sp³-hybridized carbons (Fsp3) is 0. The summed E-state index contributed by atoms with van der Waals surface area (Å²) in [6, 6.07) is 143. The number of furan rings is 3. The Hall–Kier alpha value is -16.0. The molecule has 0 atom stereocenters. The van der Waals surface area contributed by atoms with Crippen LogP contribution in [0.4, 0.5) is 0 Å². The van der Waals surface area contributed by atoms with Crippen LogP contribution in [0.15, 0.2) is 408 Å². The zero-order valence-corrected chi connectivity index (χ0v) is 64.6. The van der Waals surface area contributed by atoms with Gasteiger partial charge in [-0.05, 0) is 225 Å². The van der Waals surface area contributed by atoms with Gasteiger partial charge in [-0.3, -0.25) is 0 Å². The van der Waals surface area contributed by atoms with Crippen LogP contribution < -0.4 is 0 Å². The van der Waals surface area contributed by atoms with E-state index in [1.54, 1.807) is 0 Å². The third-order valence-corrected chi connectivity index (χ3v) is 26.2. The van der Waals surface area contributed by atoms with E-state index in [0.29, 0.717) is 0 Å². The van der Waals surface area contributed by atoms with Crippen LogP contribution in [-0.2, 0) is 0 Å². The molecule has 6 aromatic heterocycles. The zero-order valence-electron chi connectivity index (χ0n) is 64.6. The number of aromatic nitrogens is 3. The predicted molar refractivity (Wildman–Crippen MR) is 501 cm³/mol. The molecule has 0 spiro atoms. The highest BCUT2D eigenvalue weighted by molar-refractivity contribution is 6.31. The van der Waals surface area contributed by atoms with Gasteiger partial charge in [-0.25, -0.2) is 0 Å². The Morgan fingerprint density at radius 2 is 0.483 bits per heavy atom. The molecule has 120 heavy (non-hydrogen) atoms. The van der Waals surface area contributed by atoms with E-state index in [9.17, 15) is 0 Å². The third kappa shape index (κ3) is 9.10.